The topological polar surface area (TPSA) is 71.3 Å². The molecule has 0 amide bonds. The summed E-state index contributed by atoms with van der Waals surface area (Å²) in [5, 5.41) is 3.44. The zero-order valence-electron chi connectivity index (χ0n) is 40.1. The molecule has 0 bridgehead atoms. The molecule has 15 rings (SSSR count). The molecular formula is C66H44N8. The highest BCUT2D eigenvalue weighted by Crippen LogP contribution is 2.49. The lowest BCUT2D eigenvalue weighted by molar-refractivity contribution is 0.858. The maximum absolute atomic E-state index is 5.65. The van der Waals surface area contributed by atoms with Crippen molar-refractivity contribution in [3.63, 3.8) is 0 Å². The summed E-state index contributed by atoms with van der Waals surface area (Å²) in [7, 11) is 0. The van der Waals surface area contributed by atoms with Gasteiger partial charge in [-0.25, -0.2) is 9.97 Å². The second kappa shape index (κ2) is 16.9. The molecule has 9 aromatic carbocycles. The van der Waals surface area contributed by atoms with Crippen LogP contribution in [0.25, 0.3) is 123 Å². The molecule has 0 N–H and O–H groups in total. The number of para-hydroxylation sites is 4. The standard InChI is InChI=1S/C66H44N8/c1-7-21-43(22-8-1)62-67-63(44-23-9-2-10-24-44)69-66(68-62)74-55-34-20-19-33-51(55)53-41-46(35-38-56(53)74)47-36-39-57-54(42-47)59-58(71(57)48-27-13-4-14-28-48)40-37-52-60(59)72(49-29-15-5-16-30-49)65-61(52)73(50-31-17-6-18-32-50)64(70-65)45-25-11-3-12-26-45/h1-36,38-39,41-42H,37,40H2. The molecule has 0 aliphatic heterocycles. The zero-order valence-corrected chi connectivity index (χ0v) is 40.1. The summed E-state index contributed by atoms with van der Waals surface area (Å²) in [6.45, 7) is 0. The number of imidazole rings is 1. The zero-order chi connectivity index (χ0) is 48.7. The number of hydrogen-bond acceptors (Lipinski definition) is 4. The fourth-order valence-corrected chi connectivity index (χ4v) is 11.5. The van der Waals surface area contributed by atoms with Gasteiger partial charge in [0.15, 0.2) is 17.3 Å². The minimum absolute atomic E-state index is 0.571. The van der Waals surface area contributed by atoms with Gasteiger partial charge in [-0.2, -0.15) is 9.97 Å². The van der Waals surface area contributed by atoms with Crippen LogP contribution in [0.5, 0.6) is 0 Å². The second-order valence-corrected chi connectivity index (χ2v) is 19.0. The minimum Gasteiger partial charge on any atom is -0.313 e. The van der Waals surface area contributed by atoms with Crippen molar-refractivity contribution < 1.29 is 0 Å². The van der Waals surface area contributed by atoms with E-state index in [2.05, 4.69) is 225 Å². The lowest BCUT2D eigenvalue weighted by Crippen LogP contribution is -2.11. The number of aromatic nitrogens is 8. The highest BCUT2D eigenvalue weighted by Gasteiger charge is 2.34. The molecule has 348 valence electrons. The predicted molar refractivity (Wildman–Crippen MR) is 300 cm³/mol. The van der Waals surface area contributed by atoms with Gasteiger partial charge in [0.1, 0.15) is 5.82 Å². The van der Waals surface area contributed by atoms with E-state index in [1.165, 1.54) is 33.4 Å². The molecule has 74 heavy (non-hydrogen) atoms. The van der Waals surface area contributed by atoms with E-state index in [0.29, 0.717) is 17.6 Å². The molecule has 1 aliphatic carbocycles. The first kappa shape index (κ1) is 41.8. The lowest BCUT2D eigenvalue weighted by atomic mass is 9.91. The molecule has 0 spiro atoms. The Kier molecular flexibility index (Phi) is 9.53. The molecule has 0 unspecified atom stereocenters. The van der Waals surface area contributed by atoms with Gasteiger partial charge in [0, 0.05) is 66.7 Å². The van der Waals surface area contributed by atoms with Crippen LogP contribution in [-0.2, 0) is 12.8 Å². The lowest BCUT2D eigenvalue weighted by Gasteiger charge is -2.21. The van der Waals surface area contributed by atoms with E-state index in [1.54, 1.807) is 0 Å². The van der Waals surface area contributed by atoms with Gasteiger partial charge in [-0.3, -0.25) is 13.7 Å². The first-order valence-corrected chi connectivity index (χ1v) is 25.2. The van der Waals surface area contributed by atoms with Crippen LogP contribution in [0.1, 0.15) is 11.3 Å². The van der Waals surface area contributed by atoms with E-state index in [9.17, 15) is 0 Å². The van der Waals surface area contributed by atoms with Crippen molar-refractivity contribution in [2.45, 2.75) is 12.8 Å². The van der Waals surface area contributed by atoms with Crippen molar-refractivity contribution in [1.82, 2.24) is 38.2 Å². The monoisotopic (exact) mass is 948 g/mol. The van der Waals surface area contributed by atoms with E-state index in [0.717, 1.165) is 96.5 Å². The van der Waals surface area contributed by atoms with Crippen LogP contribution in [0.15, 0.2) is 243 Å². The van der Waals surface area contributed by atoms with Crippen LogP contribution < -0.4 is 0 Å². The third-order valence-corrected chi connectivity index (χ3v) is 14.7. The Morgan fingerprint density at radius 3 is 1.39 bits per heavy atom. The van der Waals surface area contributed by atoms with Crippen LogP contribution >= 0.6 is 0 Å². The Balaban J connectivity index is 0.968. The molecule has 0 saturated heterocycles. The van der Waals surface area contributed by atoms with E-state index in [-0.39, 0.29) is 0 Å². The van der Waals surface area contributed by atoms with Gasteiger partial charge in [-0.05, 0) is 90.7 Å². The minimum atomic E-state index is 0.571. The average Bonchev–Trinajstić information content (AvgIpc) is 4.29. The normalized spacial score (nSPS) is 12.2. The number of fused-ring (bicyclic) bond motifs is 10. The Morgan fingerprint density at radius 2 is 0.797 bits per heavy atom. The predicted octanol–water partition coefficient (Wildman–Crippen LogP) is 15.5. The summed E-state index contributed by atoms with van der Waals surface area (Å²) in [5.74, 6) is 2.75. The van der Waals surface area contributed by atoms with Gasteiger partial charge >= 0.3 is 0 Å². The fourth-order valence-electron chi connectivity index (χ4n) is 11.5. The molecular weight excluding hydrogens is 905 g/mol. The van der Waals surface area contributed by atoms with Crippen LogP contribution in [-0.4, -0.2) is 38.2 Å². The Labute approximate surface area is 426 Å². The van der Waals surface area contributed by atoms with Crippen molar-refractivity contribution in [1.29, 1.82) is 0 Å². The van der Waals surface area contributed by atoms with Crippen molar-refractivity contribution in [2.24, 2.45) is 0 Å². The maximum Gasteiger partial charge on any atom is 0.238 e. The van der Waals surface area contributed by atoms with Gasteiger partial charge in [0.25, 0.3) is 0 Å². The van der Waals surface area contributed by atoms with E-state index < -0.39 is 0 Å². The number of rotatable bonds is 8. The first-order chi connectivity index (χ1) is 36.7. The van der Waals surface area contributed by atoms with Gasteiger partial charge in [-0.15, -0.1) is 0 Å². The average molecular weight is 949 g/mol. The molecule has 0 saturated carbocycles. The fraction of sp³-hybridized carbons (Fsp3) is 0.0303. The summed E-state index contributed by atoms with van der Waals surface area (Å²) in [6.07, 6.45) is 1.71. The molecule has 5 aromatic heterocycles. The Hall–Kier alpha value is -9.92. The molecule has 0 fully saturated rings. The molecule has 5 heterocycles. The molecule has 8 nitrogen and oxygen atoms in total. The second-order valence-electron chi connectivity index (χ2n) is 19.0. The van der Waals surface area contributed by atoms with Gasteiger partial charge in [0.05, 0.1) is 27.8 Å². The molecule has 1 aliphatic rings. The SMILES string of the molecule is c1ccc(-c2nc(-c3ccccc3)nc(-n3c4ccccc4c4cc(-c5ccc6c(c5)c5c(n6-c6ccccc6)CCc6c-5n(-c5ccccc5)c5nc(-c7ccccc7)n(-c7ccccc7)c65)ccc43)n2)cc1. The van der Waals surface area contributed by atoms with Crippen molar-refractivity contribution in [3.05, 3.63) is 254 Å². The van der Waals surface area contributed by atoms with Crippen molar-refractivity contribution >= 4 is 43.9 Å². The van der Waals surface area contributed by atoms with Crippen molar-refractivity contribution in [2.75, 3.05) is 0 Å². The number of hydrogen-bond donors (Lipinski definition) is 0. The summed E-state index contributed by atoms with van der Waals surface area (Å²) in [6, 6.07) is 85.7. The highest BCUT2D eigenvalue weighted by atomic mass is 15.2. The summed E-state index contributed by atoms with van der Waals surface area (Å²) in [4.78, 5) is 21.0. The largest absolute Gasteiger partial charge is 0.313 e. The van der Waals surface area contributed by atoms with E-state index in [4.69, 9.17) is 19.9 Å². The van der Waals surface area contributed by atoms with Crippen LogP contribution in [0.4, 0.5) is 0 Å². The van der Waals surface area contributed by atoms with Crippen LogP contribution in [0, 0.1) is 0 Å². The Bertz CT molecular complexity index is 4380. The molecule has 0 radical (unpaired) electrons. The van der Waals surface area contributed by atoms with Gasteiger partial charge in [-0.1, -0.05) is 176 Å². The van der Waals surface area contributed by atoms with E-state index in [1.807, 2.05) is 36.4 Å². The number of benzene rings is 9. The van der Waals surface area contributed by atoms with Gasteiger partial charge in [0.2, 0.25) is 5.95 Å². The van der Waals surface area contributed by atoms with Crippen molar-refractivity contribution in [3.8, 4) is 79.6 Å². The molecule has 14 aromatic rings. The van der Waals surface area contributed by atoms with Crippen LogP contribution in [0.2, 0.25) is 0 Å². The molecule has 8 heteroatoms. The third-order valence-electron chi connectivity index (χ3n) is 14.7. The molecule has 0 atom stereocenters. The quantitative estimate of drug-likeness (QED) is 0.152. The summed E-state index contributed by atoms with van der Waals surface area (Å²) >= 11 is 0. The highest BCUT2D eigenvalue weighted by molar-refractivity contribution is 6.11. The number of aryl methyl sites for hydroxylation is 1. The van der Waals surface area contributed by atoms with E-state index >= 15 is 0 Å². The summed E-state index contributed by atoms with van der Waals surface area (Å²) in [5.41, 5.74) is 18.8. The Morgan fingerprint density at radius 1 is 0.324 bits per heavy atom. The summed E-state index contributed by atoms with van der Waals surface area (Å²) < 4.78 is 9.52. The van der Waals surface area contributed by atoms with Gasteiger partial charge < -0.3 is 4.57 Å². The van der Waals surface area contributed by atoms with Crippen LogP contribution in [0.3, 0.4) is 0 Å². The third kappa shape index (κ3) is 6.55. The number of nitrogens with zero attached hydrogens (tertiary/aromatic N) is 8. The smallest absolute Gasteiger partial charge is 0.238 e. The first-order valence-electron chi connectivity index (χ1n) is 25.2. The maximum atomic E-state index is 5.65.